The van der Waals surface area contributed by atoms with E-state index in [0.29, 0.717) is 12.8 Å². The van der Waals surface area contributed by atoms with Crippen LogP contribution in [0.1, 0.15) is 188 Å². The lowest BCUT2D eigenvalue weighted by Crippen LogP contribution is -2.28. The van der Waals surface area contributed by atoms with Gasteiger partial charge in [-0.15, -0.1) is 0 Å². The Morgan fingerprint density at radius 3 is 1.32 bits per heavy atom. The minimum absolute atomic E-state index is 0.0912. The fourth-order valence-corrected chi connectivity index (χ4v) is 6.66. The number of furan rings is 2. The standard InChI is InChI=1S/C43H72O7/c1-7-9-20-26-39-35(5)36(6)41(50-39)28-22-17-14-15-18-23-29-42(45)47-32-37(31-44)48-43(46)30-24-19-13-11-10-12-16-21-27-40-34(4)33(3)38(49-40)25-8-2/h37,44H,7-32H2,1-6H3/t37-/m0/s1. The molecule has 1 N–H and O–H groups in total. The number of ether oxygens (including phenoxy) is 2. The fourth-order valence-electron chi connectivity index (χ4n) is 6.66. The summed E-state index contributed by atoms with van der Waals surface area (Å²) in [5.41, 5.74) is 5.32. The summed E-state index contributed by atoms with van der Waals surface area (Å²) in [6.45, 7) is 12.7. The lowest BCUT2D eigenvalue weighted by molar-refractivity contribution is -0.161. The van der Waals surface area contributed by atoms with Crippen molar-refractivity contribution in [1.82, 2.24) is 0 Å². The maximum Gasteiger partial charge on any atom is 0.306 e. The first-order valence-electron chi connectivity index (χ1n) is 20.3. The Kier molecular flexibility index (Phi) is 22.9. The summed E-state index contributed by atoms with van der Waals surface area (Å²) in [4.78, 5) is 24.5. The van der Waals surface area contributed by atoms with Gasteiger partial charge in [0.25, 0.3) is 0 Å². The molecule has 0 aromatic carbocycles. The van der Waals surface area contributed by atoms with Gasteiger partial charge in [0.05, 0.1) is 6.61 Å². The van der Waals surface area contributed by atoms with Gasteiger partial charge in [-0.2, -0.15) is 0 Å². The van der Waals surface area contributed by atoms with E-state index in [4.69, 9.17) is 18.3 Å². The Bertz CT molecular complexity index is 1210. The SMILES string of the molecule is CCCCCc1oc(CCCCCCCCC(=O)OC[C@H](CO)OC(=O)CCCCCCCCCCc2oc(CCC)c(C)c2C)c(C)c1C. The normalized spacial score (nSPS) is 12.1. The Hall–Kier alpha value is -2.54. The second-order valence-corrected chi connectivity index (χ2v) is 14.5. The zero-order chi connectivity index (χ0) is 36.6. The van der Waals surface area contributed by atoms with Gasteiger partial charge in [0.1, 0.15) is 29.6 Å². The van der Waals surface area contributed by atoms with E-state index in [-0.39, 0.29) is 25.2 Å². The smallest absolute Gasteiger partial charge is 0.306 e. The molecule has 0 bridgehead atoms. The Labute approximate surface area is 304 Å². The third kappa shape index (κ3) is 17.1. The molecule has 2 heterocycles. The van der Waals surface area contributed by atoms with Crippen LogP contribution in [0.2, 0.25) is 0 Å². The van der Waals surface area contributed by atoms with Crippen molar-refractivity contribution in [2.75, 3.05) is 13.2 Å². The van der Waals surface area contributed by atoms with Gasteiger partial charge in [-0.1, -0.05) is 90.9 Å². The first-order chi connectivity index (χ1) is 24.2. The van der Waals surface area contributed by atoms with Crippen molar-refractivity contribution in [3.63, 3.8) is 0 Å². The maximum absolute atomic E-state index is 12.3. The summed E-state index contributed by atoms with van der Waals surface area (Å²) < 4.78 is 23.0. The first-order valence-corrected chi connectivity index (χ1v) is 20.3. The highest BCUT2D eigenvalue weighted by Crippen LogP contribution is 2.26. The Balaban J connectivity index is 1.42. The van der Waals surface area contributed by atoms with Crippen molar-refractivity contribution in [1.29, 1.82) is 0 Å². The molecule has 2 aromatic rings. The second kappa shape index (κ2) is 26.3. The van der Waals surface area contributed by atoms with Crippen molar-refractivity contribution in [3.8, 4) is 0 Å². The Morgan fingerprint density at radius 2 is 0.900 bits per heavy atom. The molecule has 7 heteroatoms. The van der Waals surface area contributed by atoms with Crippen LogP contribution in [0, 0.1) is 27.7 Å². The van der Waals surface area contributed by atoms with Crippen LogP contribution in [0.15, 0.2) is 8.83 Å². The van der Waals surface area contributed by atoms with E-state index in [1.165, 1.54) is 85.1 Å². The van der Waals surface area contributed by atoms with Crippen LogP contribution in [0.4, 0.5) is 0 Å². The number of aliphatic hydroxyl groups is 1. The third-order valence-corrected chi connectivity index (χ3v) is 10.3. The summed E-state index contributed by atoms with van der Waals surface area (Å²) in [7, 11) is 0. The number of rotatable bonds is 30. The quantitative estimate of drug-likeness (QED) is 0.0639. The largest absolute Gasteiger partial charge is 0.466 e. The molecule has 0 aliphatic heterocycles. The molecular weight excluding hydrogens is 628 g/mol. The number of unbranched alkanes of at least 4 members (excludes halogenated alkanes) is 14. The number of aliphatic hydroxyl groups excluding tert-OH is 1. The van der Waals surface area contributed by atoms with Crippen LogP contribution in [0.5, 0.6) is 0 Å². The van der Waals surface area contributed by atoms with Gasteiger partial charge >= 0.3 is 11.9 Å². The summed E-state index contributed by atoms with van der Waals surface area (Å²) in [5, 5.41) is 9.61. The van der Waals surface area contributed by atoms with E-state index in [1.807, 2.05) is 0 Å². The molecule has 0 spiro atoms. The lowest BCUT2D eigenvalue weighted by atomic mass is 10.0. The van der Waals surface area contributed by atoms with Gasteiger partial charge < -0.3 is 23.4 Å². The number of carbonyl (C=O) groups excluding carboxylic acids is 2. The molecule has 286 valence electrons. The molecule has 7 nitrogen and oxygen atoms in total. The van der Waals surface area contributed by atoms with Gasteiger partial charge in [-0.25, -0.2) is 0 Å². The molecule has 0 fully saturated rings. The highest BCUT2D eigenvalue weighted by Gasteiger charge is 2.17. The lowest BCUT2D eigenvalue weighted by Gasteiger charge is -2.15. The number of esters is 2. The molecule has 2 aromatic heterocycles. The van der Waals surface area contributed by atoms with Gasteiger partial charge in [-0.3, -0.25) is 9.59 Å². The van der Waals surface area contributed by atoms with E-state index >= 15 is 0 Å². The summed E-state index contributed by atoms with van der Waals surface area (Å²) in [6, 6.07) is 0. The fraction of sp³-hybridized carbons (Fsp3) is 0.767. The molecule has 50 heavy (non-hydrogen) atoms. The summed E-state index contributed by atoms with van der Waals surface area (Å²) >= 11 is 0. The molecule has 0 saturated heterocycles. The molecule has 0 aliphatic rings. The topological polar surface area (TPSA) is 99.1 Å². The highest BCUT2D eigenvalue weighted by molar-refractivity contribution is 5.70. The van der Waals surface area contributed by atoms with Gasteiger partial charge in [0, 0.05) is 38.5 Å². The molecule has 1 atom stereocenters. The van der Waals surface area contributed by atoms with Crippen molar-refractivity contribution in [2.24, 2.45) is 0 Å². The second-order valence-electron chi connectivity index (χ2n) is 14.5. The number of hydrogen-bond acceptors (Lipinski definition) is 7. The maximum atomic E-state index is 12.3. The van der Waals surface area contributed by atoms with Crippen molar-refractivity contribution in [2.45, 2.75) is 202 Å². The predicted molar refractivity (Wildman–Crippen MR) is 203 cm³/mol. The molecular formula is C43H72O7. The molecule has 0 aliphatic carbocycles. The minimum atomic E-state index is -0.799. The Morgan fingerprint density at radius 1 is 0.520 bits per heavy atom. The molecule has 0 amide bonds. The average molecular weight is 701 g/mol. The van der Waals surface area contributed by atoms with E-state index in [2.05, 4.69) is 41.5 Å². The van der Waals surface area contributed by atoms with Gasteiger partial charge in [0.15, 0.2) is 6.10 Å². The zero-order valence-electron chi connectivity index (χ0n) is 32.9. The van der Waals surface area contributed by atoms with Crippen LogP contribution in [-0.2, 0) is 44.7 Å². The number of aryl methyl sites for hydroxylation is 4. The summed E-state index contributed by atoms with van der Waals surface area (Å²) in [5.74, 6) is 4.03. The van der Waals surface area contributed by atoms with Crippen LogP contribution in [-0.4, -0.2) is 36.4 Å². The van der Waals surface area contributed by atoms with Gasteiger partial charge in [-0.05, 0) is 88.5 Å². The van der Waals surface area contributed by atoms with E-state index in [9.17, 15) is 14.7 Å². The van der Waals surface area contributed by atoms with Gasteiger partial charge in [0.2, 0.25) is 0 Å². The highest BCUT2D eigenvalue weighted by atomic mass is 16.6. The van der Waals surface area contributed by atoms with Crippen LogP contribution >= 0.6 is 0 Å². The predicted octanol–water partition coefficient (Wildman–Crippen LogP) is 11.3. The van der Waals surface area contributed by atoms with Crippen molar-refractivity contribution in [3.05, 3.63) is 45.3 Å². The van der Waals surface area contributed by atoms with E-state index in [0.717, 1.165) is 101 Å². The molecule has 2 rings (SSSR count). The minimum Gasteiger partial charge on any atom is -0.466 e. The van der Waals surface area contributed by atoms with Crippen molar-refractivity contribution >= 4 is 11.9 Å². The van der Waals surface area contributed by atoms with Crippen LogP contribution in [0.3, 0.4) is 0 Å². The number of hydrogen-bond donors (Lipinski definition) is 1. The summed E-state index contributed by atoms with van der Waals surface area (Å²) in [6.07, 6.45) is 23.9. The molecule has 0 radical (unpaired) electrons. The monoisotopic (exact) mass is 701 g/mol. The molecule has 0 saturated carbocycles. The third-order valence-electron chi connectivity index (χ3n) is 10.3. The van der Waals surface area contributed by atoms with Crippen LogP contribution < -0.4 is 0 Å². The molecule has 0 unspecified atom stereocenters. The van der Waals surface area contributed by atoms with Crippen LogP contribution in [0.25, 0.3) is 0 Å². The van der Waals surface area contributed by atoms with E-state index < -0.39 is 6.10 Å². The first kappa shape index (κ1) is 43.6. The zero-order valence-corrected chi connectivity index (χ0v) is 32.9. The van der Waals surface area contributed by atoms with Crippen molar-refractivity contribution < 1.29 is 33.0 Å². The van der Waals surface area contributed by atoms with E-state index in [1.54, 1.807) is 0 Å². The number of carbonyl (C=O) groups is 2. The average Bonchev–Trinajstić information content (AvgIpc) is 3.53.